The fraction of sp³-hybridized carbons (Fsp3) is 0.333. The standard InChI is InChI=1S/C15H18ClN3O/c1-9-12(5-4-6-14(9)16)8-17-15(20)7-13-10(2)18-19-11(13)3/h4-6H,7-8H2,1-3H3,(H,17,20)(H,18,19). The Balaban J connectivity index is 1.98. The molecule has 5 heteroatoms. The SMILES string of the molecule is Cc1n[nH]c(C)c1CC(=O)NCc1cccc(Cl)c1C. The Labute approximate surface area is 123 Å². The third-order valence-corrected chi connectivity index (χ3v) is 3.88. The minimum Gasteiger partial charge on any atom is -0.352 e. The summed E-state index contributed by atoms with van der Waals surface area (Å²) in [7, 11) is 0. The van der Waals surface area contributed by atoms with Crippen LogP contribution < -0.4 is 5.32 Å². The molecule has 0 aliphatic carbocycles. The zero-order valence-corrected chi connectivity index (χ0v) is 12.6. The average Bonchev–Trinajstić information content (AvgIpc) is 2.72. The molecule has 1 aromatic carbocycles. The lowest BCUT2D eigenvalue weighted by atomic mass is 10.1. The van der Waals surface area contributed by atoms with E-state index in [0.29, 0.717) is 13.0 Å². The number of rotatable bonds is 4. The molecule has 20 heavy (non-hydrogen) atoms. The van der Waals surface area contributed by atoms with Gasteiger partial charge in [0.25, 0.3) is 0 Å². The van der Waals surface area contributed by atoms with Crippen molar-refractivity contribution in [3.63, 3.8) is 0 Å². The number of H-pyrrole nitrogens is 1. The van der Waals surface area contributed by atoms with Crippen molar-refractivity contribution in [3.8, 4) is 0 Å². The Kier molecular flexibility index (Phi) is 4.45. The van der Waals surface area contributed by atoms with Crippen LogP contribution in [0.25, 0.3) is 0 Å². The molecule has 0 unspecified atom stereocenters. The van der Waals surface area contributed by atoms with Crippen LogP contribution in [-0.4, -0.2) is 16.1 Å². The van der Waals surface area contributed by atoms with Gasteiger partial charge in [0.2, 0.25) is 5.91 Å². The maximum Gasteiger partial charge on any atom is 0.224 e. The lowest BCUT2D eigenvalue weighted by molar-refractivity contribution is -0.120. The minimum absolute atomic E-state index is 0.0167. The van der Waals surface area contributed by atoms with E-state index in [1.807, 2.05) is 39.0 Å². The second-order valence-electron chi connectivity index (χ2n) is 4.89. The van der Waals surface area contributed by atoms with Crippen molar-refractivity contribution < 1.29 is 4.79 Å². The Bertz CT molecular complexity index is 615. The van der Waals surface area contributed by atoms with Gasteiger partial charge < -0.3 is 5.32 Å². The van der Waals surface area contributed by atoms with Gasteiger partial charge in [-0.3, -0.25) is 9.89 Å². The number of nitrogens with one attached hydrogen (secondary N) is 2. The number of halogens is 1. The number of carbonyl (C=O) groups is 1. The van der Waals surface area contributed by atoms with Gasteiger partial charge in [0.05, 0.1) is 12.1 Å². The maximum absolute atomic E-state index is 12.0. The van der Waals surface area contributed by atoms with Gasteiger partial charge in [-0.2, -0.15) is 5.10 Å². The van der Waals surface area contributed by atoms with Crippen LogP contribution in [0.2, 0.25) is 5.02 Å². The lowest BCUT2D eigenvalue weighted by Crippen LogP contribution is -2.25. The molecule has 0 radical (unpaired) electrons. The summed E-state index contributed by atoms with van der Waals surface area (Å²) in [5.74, 6) is -0.0167. The molecule has 1 amide bonds. The van der Waals surface area contributed by atoms with Crippen molar-refractivity contribution in [2.24, 2.45) is 0 Å². The molecule has 2 N–H and O–H groups in total. The van der Waals surface area contributed by atoms with Gasteiger partial charge in [-0.25, -0.2) is 0 Å². The molecule has 0 fully saturated rings. The van der Waals surface area contributed by atoms with Gasteiger partial charge in [-0.05, 0) is 38.0 Å². The zero-order chi connectivity index (χ0) is 14.7. The number of nitrogens with zero attached hydrogens (tertiary/aromatic N) is 1. The predicted octanol–water partition coefficient (Wildman–Crippen LogP) is 2.85. The highest BCUT2D eigenvalue weighted by atomic mass is 35.5. The maximum atomic E-state index is 12.0. The number of hydrogen-bond donors (Lipinski definition) is 2. The molecule has 2 aromatic rings. The van der Waals surface area contributed by atoms with Crippen LogP contribution in [-0.2, 0) is 17.8 Å². The first-order valence-electron chi connectivity index (χ1n) is 6.50. The quantitative estimate of drug-likeness (QED) is 0.910. The Morgan fingerprint density at radius 2 is 2.10 bits per heavy atom. The van der Waals surface area contributed by atoms with Crippen LogP contribution in [0, 0.1) is 20.8 Å². The first kappa shape index (κ1) is 14.6. The van der Waals surface area contributed by atoms with Crippen molar-refractivity contribution in [3.05, 3.63) is 51.3 Å². The third-order valence-electron chi connectivity index (χ3n) is 3.47. The fourth-order valence-corrected chi connectivity index (χ4v) is 2.29. The van der Waals surface area contributed by atoms with Crippen molar-refractivity contribution in [1.82, 2.24) is 15.5 Å². The summed E-state index contributed by atoms with van der Waals surface area (Å²) in [6.07, 6.45) is 0.341. The molecule has 0 saturated carbocycles. The number of benzene rings is 1. The van der Waals surface area contributed by atoms with Crippen molar-refractivity contribution in [2.45, 2.75) is 33.7 Å². The molecule has 0 aliphatic rings. The average molecular weight is 292 g/mol. The highest BCUT2D eigenvalue weighted by Crippen LogP contribution is 2.18. The number of carbonyl (C=O) groups excluding carboxylic acids is 1. The predicted molar refractivity (Wildman–Crippen MR) is 79.8 cm³/mol. The molecule has 1 heterocycles. The van der Waals surface area contributed by atoms with Gasteiger partial charge in [0.1, 0.15) is 0 Å². The minimum atomic E-state index is -0.0167. The van der Waals surface area contributed by atoms with E-state index in [9.17, 15) is 4.79 Å². The van der Waals surface area contributed by atoms with Crippen molar-refractivity contribution in [2.75, 3.05) is 0 Å². The highest BCUT2D eigenvalue weighted by Gasteiger charge is 2.11. The molecule has 4 nitrogen and oxygen atoms in total. The van der Waals surface area contributed by atoms with Crippen LogP contribution in [0.4, 0.5) is 0 Å². The van der Waals surface area contributed by atoms with Gasteiger partial charge in [0.15, 0.2) is 0 Å². The molecule has 0 atom stereocenters. The highest BCUT2D eigenvalue weighted by molar-refractivity contribution is 6.31. The molecule has 106 valence electrons. The smallest absolute Gasteiger partial charge is 0.224 e. The number of amides is 1. The first-order valence-corrected chi connectivity index (χ1v) is 6.88. The van der Waals surface area contributed by atoms with E-state index in [-0.39, 0.29) is 5.91 Å². The van der Waals surface area contributed by atoms with Crippen LogP contribution in [0.5, 0.6) is 0 Å². The number of aryl methyl sites for hydroxylation is 2. The Morgan fingerprint density at radius 1 is 1.35 bits per heavy atom. The summed E-state index contributed by atoms with van der Waals surface area (Å²) in [5, 5.41) is 10.6. The van der Waals surface area contributed by atoms with E-state index in [1.165, 1.54) is 0 Å². The molecule has 0 spiro atoms. The van der Waals surface area contributed by atoms with E-state index in [1.54, 1.807) is 0 Å². The molecular weight excluding hydrogens is 274 g/mol. The molecule has 1 aromatic heterocycles. The van der Waals surface area contributed by atoms with E-state index in [0.717, 1.165) is 33.1 Å². The van der Waals surface area contributed by atoms with Gasteiger partial charge >= 0.3 is 0 Å². The fourth-order valence-electron chi connectivity index (χ4n) is 2.10. The van der Waals surface area contributed by atoms with E-state index >= 15 is 0 Å². The van der Waals surface area contributed by atoms with Crippen LogP contribution in [0.15, 0.2) is 18.2 Å². The third kappa shape index (κ3) is 3.20. The molecular formula is C15H18ClN3O. The zero-order valence-electron chi connectivity index (χ0n) is 11.9. The Morgan fingerprint density at radius 3 is 2.75 bits per heavy atom. The van der Waals surface area contributed by atoms with Crippen molar-refractivity contribution in [1.29, 1.82) is 0 Å². The topological polar surface area (TPSA) is 57.8 Å². The van der Waals surface area contributed by atoms with Gasteiger partial charge in [-0.1, -0.05) is 23.7 Å². The normalized spacial score (nSPS) is 10.6. The molecule has 0 bridgehead atoms. The lowest BCUT2D eigenvalue weighted by Gasteiger charge is -2.09. The summed E-state index contributed by atoms with van der Waals surface area (Å²) in [6, 6.07) is 5.71. The number of aromatic nitrogens is 2. The number of aromatic amines is 1. The van der Waals surface area contributed by atoms with E-state index in [2.05, 4.69) is 15.5 Å². The summed E-state index contributed by atoms with van der Waals surface area (Å²) in [6.45, 7) is 6.26. The summed E-state index contributed by atoms with van der Waals surface area (Å²) in [5.41, 5.74) is 4.81. The monoisotopic (exact) mass is 291 g/mol. The molecule has 0 aliphatic heterocycles. The summed E-state index contributed by atoms with van der Waals surface area (Å²) in [4.78, 5) is 12.0. The Hall–Kier alpha value is -1.81. The molecule has 0 saturated heterocycles. The van der Waals surface area contributed by atoms with Crippen LogP contribution >= 0.6 is 11.6 Å². The van der Waals surface area contributed by atoms with Crippen LogP contribution in [0.1, 0.15) is 28.1 Å². The second kappa shape index (κ2) is 6.09. The van der Waals surface area contributed by atoms with Gasteiger partial charge in [0, 0.05) is 22.8 Å². The van der Waals surface area contributed by atoms with Crippen LogP contribution in [0.3, 0.4) is 0 Å². The summed E-state index contributed by atoms with van der Waals surface area (Å²) >= 11 is 6.06. The second-order valence-corrected chi connectivity index (χ2v) is 5.30. The first-order chi connectivity index (χ1) is 9.49. The molecule has 2 rings (SSSR count). The largest absolute Gasteiger partial charge is 0.352 e. The summed E-state index contributed by atoms with van der Waals surface area (Å²) < 4.78 is 0. The van der Waals surface area contributed by atoms with Gasteiger partial charge in [-0.15, -0.1) is 0 Å². The van der Waals surface area contributed by atoms with E-state index < -0.39 is 0 Å². The van der Waals surface area contributed by atoms with Crippen molar-refractivity contribution >= 4 is 17.5 Å². The number of hydrogen-bond acceptors (Lipinski definition) is 2. The van der Waals surface area contributed by atoms with E-state index in [4.69, 9.17) is 11.6 Å².